The Morgan fingerprint density at radius 1 is 1.15 bits per heavy atom. The second-order valence-electron chi connectivity index (χ2n) is 4.38. The number of methoxy groups -OCH3 is 1. The number of hydrogen-bond donors (Lipinski definition) is 1. The molecule has 0 aliphatic heterocycles. The van der Waals surface area contributed by atoms with E-state index in [2.05, 4.69) is 0 Å². The van der Waals surface area contributed by atoms with Crippen molar-refractivity contribution in [2.75, 3.05) is 7.11 Å². The Morgan fingerprint density at radius 3 is 2.55 bits per heavy atom. The number of aliphatic hydroxyl groups excluding tert-OH is 1. The van der Waals surface area contributed by atoms with Crippen LogP contribution >= 0.6 is 0 Å². The van der Waals surface area contributed by atoms with Gasteiger partial charge < -0.3 is 14.6 Å². The fourth-order valence-corrected chi connectivity index (χ4v) is 1.87. The summed E-state index contributed by atoms with van der Waals surface area (Å²) in [4.78, 5) is 10.8. The molecule has 1 N–H and O–H groups in total. The van der Waals surface area contributed by atoms with Crippen LogP contribution in [0.15, 0.2) is 36.4 Å². The number of aliphatic hydroxyl groups is 1. The Hall–Kier alpha value is -2.33. The van der Waals surface area contributed by atoms with Gasteiger partial charge in [-0.25, -0.2) is 0 Å². The molecule has 2 aromatic carbocycles. The molecule has 4 nitrogen and oxygen atoms in total. The lowest BCUT2D eigenvalue weighted by Crippen LogP contribution is -1.94. The van der Waals surface area contributed by atoms with Crippen molar-refractivity contribution in [3.8, 4) is 17.2 Å². The standard InChI is InChI=1S/C16H16O4/c1-11-7-14(5-4-13(11)10-18)20-15-6-3-12(9-17)8-16(15)19-2/h3-8,10,17H,9H2,1-2H3. The Kier molecular flexibility index (Phi) is 4.38. The minimum atomic E-state index is -0.0518. The lowest BCUT2D eigenvalue weighted by Gasteiger charge is -2.12. The third-order valence-corrected chi connectivity index (χ3v) is 3.01. The SMILES string of the molecule is COc1cc(CO)ccc1Oc1ccc(C=O)c(C)c1. The third-order valence-electron chi connectivity index (χ3n) is 3.01. The van der Waals surface area contributed by atoms with Gasteiger partial charge in [-0.1, -0.05) is 6.07 Å². The van der Waals surface area contributed by atoms with Crippen LogP contribution in [0.5, 0.6) is 17.2 Å². The highest BCUT2D eigenvalue weighted by molar-refractivity contribution is 5.77. The van der Waals surface area contributed by atoms with Crippen LogP contribution in [0.2, 0.25) is 0 Å². The quantitative estimate of drug-likeness (QED) is 0.850. The smallest absolute Gasteiger partial charge is 0.169 e. The van der Waals surface area contributed by atoms with Gasteiger partial charge in [0.1, 0.15) is 12.0 Å². The first-order chi connectivity index (χ1) is 9.67. The summed E-state index contributed by atoms with van der Waals surface area (Å²) in [6.07, 6.45) is 0.815. The largest absolute Gasteiger partial charge is 0.493 e. The van der Waals surface area contributed by atoms with E-state index in [9.17, 15) is 4.79 Å². The molecule has 0 radical (unpaired) electrons. The van der Waals surface area contributed by atoms with Crippen molar-refractivity contribution < 1.29 is 19.4 Å². The van der Waals surface area contributed by atoms with Crippen LogP contribution in [0.3, 0.4) is 0 Å². The number of carbonyl (C=O) groups excluding carboxylic acids is 1. The van der Waals surface area contributed by atoms with E-state index >= 15 is 0 Å². The minimum Gasteiger partial charge on any atom is -0.493 e. The summed E-state index contributed by atoms with van der Waals surface area (Å²) in [7, 11) is 1.55. The van der Waals surface area contributed by atoms with E-state index in [1.807, 2.05) is 6.92 Å². The molecule has 4 heteroatoms. The van der Waals surface area contributed by atoms with E-state index < -0.39 is 0 Å². The normalized spacial score (nSPS) is 10.2. The second-order valence-corrected chi connectivity index (χ2v) is 4.38. The average Bonchev–Trinajstić information content (AvgIpc) is 2.48. The van der Waals surface area contributed by atoms with E-state index in [-0.39, 0.29) is 6.61 Å². The van der Waals surface area contributed by atoms with Gasteiger partial charge in [0.05, 0.1) is 13.7 Å². The molecule has 0 amide bonds. The number of hydrogen-bond acceptors (Lipinski definition) is 4. The molecule has 0 bridgehead atoms. The van der Waals surface area contributed by atoms with Gasteiger partial charge in [0.2, 0.25) is 0 Å². The van der Waals surface area contributed by atoms with Crippen LogP contribution in [-0.4, -0.2) is 18.5 Å². The number of ether oxygens (including phenoxy) is 2. The van der Waals surface area contributed by atoms with Gasteiger partial charge in [-0.3, -0.25) is 4.79 Å². The zero-order valence-electron chi connectivity index (χ0n) is 11.4. The Bertz CT molecular complexity index is 620. The maximum absolute atomic E-state index is 10.8. The number of aldehydes is 1. The Balaban J connectivity index is 2.29. The molecule has 0 saturated heterocycles. The zero-order valence-corrected chi connectivity index (χ0v) is 11.4. The highest BCUT2D eigenvalue weighted by atomic mass is 16.5. The number of rotatable bonds is 5. The van der Waals surface area contributed by atoms with Crippen LogP contribution in [0.25, 0.3) is 0 Å². The van der Waals surface area contributed by atoms with Crippen LogP contribution < -0.4 is 9.47 Å². The summed E-state index contributed by atoms with van der Waals surface area (Å²) in [6.45, 7) is 1.80. The van der Waals surface area contributed by atoms with Crippen molar-refractivity contribution in [1.29, 1.82) is 0 Å². The molecule has 2 aromatic rings. The first-order valence-electron chi connectivity index (χ1n) is 6.19. The molecule has 0 fully saturated rings. The maximum atomic E-state index is 10.8. The second kappa shape index (κ2) is 6.21. The molecule has 0 unspecified atom stereocenters. The van der Waals surface area contributed by atoms with Gasteiger partial charge in [0, 0.05) is 5.56 Å². The van der Waals surface area contributed by atoms with Crippen LogP contribution in [0, 0.1) is 6.92 Å². The first-order valence-corrected chi connectivity index (χ1v) is 6.19. The molecule has 0 atom stereocenters. The van der Waals surface area contributed by atoms with E-state index in [1.165, 1.54) is 0 Å². The number of carbonyl (C=O) groups is 1. The molecule has 0 heterocycles. The van der Waals surface area contributed by atoms with Crippen molar-refractivity contribution in [3.05, 3.63) is 53.1 Å². The highest BCUT2D eigenvalue weighted by Crippen LogP contribution is 2.32. The van der Waals surface area contributed by atoms with E-state index in [0.29, 0.717) is 22.8 Å². The zero-order chi connectivity index (χ0) is 14.5. The summed E-state index contributed by atoms with van der Waals surface area (Å²) in [6, 6.07) is 10.5. The fourth-order valence-electron chi connectivity index (χ4n) is 1.87. The molecular weight excluding hydrogens is 256 g/mol. The predicted octanol–water partition coefficient (Wildman–Crippen LogP) is 3.10. The lowest BCUT2D eigenvalue weighted by atomic mass is 10.1. The van der Waals surface area contributed by atoms with Crippen LogP contribution in [0.1, 0.15) is 21.5 Å². The lowest BCUT2D eigenvalue weighted by molar-refractivity contribution is 0.112. The number of benzene rings is 2. The molecule has 0 saturated carbocycles. The van der Waals surface area contributed by atoms with Gasteiger partial charge >= 0.3 is 0 Å². The topological polar surface area (TPSA) is 55.8 Å². The summed E-state index contributed by atoms with van der Waals surface area (Å²) >= 11 is 0. The van der Waals surface area contributed by atoms with E-state index in [1.54, 1.807) is 43.5 Å². The van der Waals surface area contributed by atoms with Gasteiger partial charge in [-0.2, -0.15) is 0 Å². The van der Waals surface area contributed by atoms with Gasteiger partial charge in [-0.05, 0) is 48.4 Å². The summed E-state index contributed by atoms with van der Waals surface area (Å²) in [5.74, 6) is 1.74. The Morgan fingerprint density at radius 2 is 1.95 bits per heavy atom. The average molecular weight is 272 g/mol. The molecular formula is C16H16O4. The summed E-state index contributed by atoms with van der Waals surface area (Å²) in [5, 5.41) is 9.10. The van der Waals surface area contributed by atoms with Gasteiger partial charge in [0.25, 0.3) is 0 Å². The molecule has 104 valence electrons. The molecule has 0 aromatic heterocycles. The number of aryl methyl sites for hydroxylation is 1. The third kappa shape index (κ3) is 2.97. The highest BCUT2D eigenvalue weighted by Gasteiger charge is 2.08. The van der Waals surface area contributed by atoms with Crippen molar-refractivity contribution in [2.45, 2.75) is 13.5 Å². The monoisotopic (exact) mass is 272 g/mol. The first kappa shape index (κ1) is 14.1. The molecule has 0 spiro atoms. The molecule has 2 rings (SSSR count). The molecule has 0 aliphatic rings. The Labute approximate surface area is 117 Å². The van der Waals surface area contributed by atoms with Crippen LogP contribution in [0.4, 0.5) is 0 Å². The minimum absolute atomic E-state index is 0.0518. The van der Waals surface area contributed by atoms with Gasteiger partial charge in [0.15, 0.2) is 11.5 Å². The molecule has 0 aliphatic carbocycles. The fraction of sp³-hybridized carbons (Fsp3) is 0.188. The van der Waals surface area contributed by atoms with E-state index in [0.717, 1.165) is 17.4 Å². The van der Waals surface area contributed by atoms with Crippen LogP contribution in [-0.2, 0) is 6.61 Å². The molecule has 20 heavy (non-hydrogen) atoms. The summed E-state index contributed by atoms with van der Waals surface area (Å²) in [5.41, 5.74) is 2.24. The van der Waals surface area contributed by atoms with E-state index in [4.69, 9.17) is 14.6 Å². The van der Waals surface area contributed by atoms with Gasteiger partial charge in [-0.15, -0.1) is 0 Å². The maximum Gasteiger partial charge on any atom is 0.169 e. The van der Waals surface area contributed by atoms with Crippen molar-refractivity contribution in [1.82, 2.24) is 0 Å². The predicted molar refractivity (Wildman–Crippen MR) is 75.6 cm³/mol. The van der Waals surface area contributed by atoms with Crippen molar-refractivity contribution in [3.63, 3.8) is 0 Å². The van der Waals surface area contributed by atoms with Crippen molar-refractivity contribution in [2.24, 2.45) is 0 Å². The summed E-state index contributed by atoms with van der Waals surface area (Å²) < 4.78 is 11.0. The van der Waals surface area contributed by atoms with Crippen molar-refractivity contribution >= 4 is 6.29 Å².